The summed E-state index contributed by atoms with van der Waals surface area (Å²) in [4.78, 5) is 12.7. The molecule has 1 heterocycles. The number of aryl methyl sites for hydroxylation is 1. The summed E-state index contributed by atoms with van der Waals surface area (Å²) in [6.07, 6.45) is 6.92. The van der Waals surface area contributed by atoms with E-state index in [-0.39, 0.29) is 30.4 Å². The Bertz CT molecular complexity index is 654. The van der Waals surface area contributed by atoms with Crippen LogP contribution in [0.4, 0.5) is 0 Å². The van der Waals surface area contributed by atoms with Crippen LogP contribution in [0.1, 0.15) is 30.0 Å². The molecule has 0 aliphatic heterocycles. The summed E-state index contributed by atoms with van der Waals surface area (Å²) >= 11 is 0. The first-order valence-electron chi connectivity index (χ1n) is 8.17. The Morgan fingerprint density at radius 1 is 1.33 bits per heavy atom. The number of likely N-dealkylation sites (N-methyl/N-ethyl adjacent to an activating group) is 1. The van der Waals surface area contributed by atoms with Crippen LogP contribution < -0.4 is 10.6 Å². The molecule has 1 aromatic carbocycles. The van der Waals surface area contributed by atoms with E-state index in [2.05, 4.69) is 27.9 Å². The van der Waals surface area contributed by atoms with E-state index < -0.39 is 0 Å². The molecule has 0 bridgehead atoms. The smallest absolute Gasteiger partial charge is 0.242 e. The number of nitrogens with one attached hydrogen (secondary N) is 2. The van der Waals surface area contributed by atoms with Gasteiger partial charge in [-0.15, -0.1) is 12.4 Å². The zero-order chi connectivity index (χ0) is 16.2. The maximum atomic E-state index is 12.7. The van der Waals surface area contributed by atoms with Gasteiger partial charge in [-0.2, -0.15) is 5.10 Å². The lowest BCUT2D eigenvalue weighted by atomic mass is 10.0. The molecule has 2 aromatic rings. The van der Waals surface area contributed by atoms with E-state index >= 15 is 0 Å². The lowest BCUT2D eigenvalue weighted by molar-refractivity contribution is -0.124. The van der Waals surface area contributed by atoms with E-state index in [1.807, 2.05) is 31.4 Å². The van der Waals surface area contributed by atoms with Crippen molar-refractivity contribution in [1.29, 1.82) is 0 Å². The molecule has 1 saturated carbocycles. The molecule has 6 heteroatoms. The quantitative estimate of drug-likeness (QED) is 0.806. The van der Waals surface area contributed by atoms with Gasteiger partial charge in [-0.3, -0.25) is 9.48 Å². The van der Waals surface area contributed by atoms with E-state index in [0.717, 1.165) is 12.0 Å². The minimum Gasteiger partial charge on any atom is -0.351 e. The molecule has 0 radical (unpaired) electrons. The summed E-state index contributed by atoms with van der Waals surface area (Å²) in [5, 5.41) is 10.5. The highest BCUT2D eigenvalue weighted by atomic mass is 35.5. The lowest BCUT2D eigenvalue weighted by Crippen LogP contribution is -2.43. The minimum atomic E-state index is -0.360. The molecule has 1 aliphatic rings. The van der Waals surface area contributed by atoms with Gasteiger partial charge in [0.25, 0.3) is 0 Å². The van der Waals surface area contributed by atoms with Crippen LogP contribution in [0.5, 0.6) is 0 Å². The predicted molar refractivity (Wildman–Crippen MR) is 97.1 cm³/mol. The van der Waals surface area contributed by atoms with Crippen LogP contribution >= 0.6 is 12.4 Å². The van der Waals surface area contributed by atoms with Crippen LogP contribution in [0.25, 0.3) is 0 Å². The number of benzene rings is 1. The summed E-state index contributed by atoms with van der Waals surface area (Å²) in [6.45, 7) is 0. The maximum Gasteiger partial charge on any atom is 0.242 e. The molecule has 2 unspecified atom stereocenters. The van der Waals surface area contributed by atoms with Gasteiger partial charge in [-0.1, -0.05) is 30.3 Å². The van der Waals surface area contributed by atoms with Gasteiger partial charge < -0.3 is 10.6 Å². The average molecular weight is 349 g/mol. The molecule has 1 aromatic heterocycles. The standard InChI is InChI=1S/C18H24N4O.ClH/c1-19-17(15-11-20-22(2)12-15)18(23)21-16(14-8-9-14)10-13-6-4-3-5-7-13;/h3-7,11-12,14,16-17,19H,8-10H2,1-2H3,(H,21,23);1H. The Hall–Kier alpha value is -1.85. The largest absolute Gasteiger partial charge is 0.351 e. The maximum absolute atomic E-state index is 12.7. The fourth-order valence-electron chi connectivity index (χ4n) is 3.01. The Balaban J connectivity index is 0.00000208. The third kappa shape index (κ3) is 4.58. The van der Waals surface area contributed by atoms with Gasteiger partial charge in [0.05, 0.1) is 6.20 Å². The monoisotopic (exact) mass is 348 g/mol. The Kier molecular flexibility index (Phi) is 6.40. The van der Waals surface area contributed by atoms with Crippen molar-refractivity contribution in [2.75, 3.05) is 7.05 Å². The number of amides is 1. The first kappa shape index (κ1) is 18.5. The second-order valence-electron chi connectivity index (χ2n) is 6.31. The Morgan fingerprint density at radius 2 is 2.04 bits per heavy atom. The average Bonchev–Trinajstić information content (AvgIpc) is 3.31. The number of hydrogen-bond donors (Lipinski definition) is 2. The summed E-state index contributed by atoms with van der Waals surface area (Å²) in [5.41, 5.74) is 2.16. The van der Waals surface area contributed by atoms with Crippen molar-refractivity contribution in [2.24, 2.45) is 13.0 Å². The van der Waals surface area contributed by atoms with Gasteiger partial charge in [0.2, 0.25) is 5.91 Å². The number of halogens is 1. The molecule has 2 N–H and O–H groups in total. The molecule has 1 amide bonds. The lowest BCUT2D eigenvalue weighted by Gasteiger charge is -2.22. The molecule has 5 nitrogen and oxygen atoms in total. The van der Waals surface area contributed by atoms with Crippen molar-refractivity contribution in [3.05, 3.63) is 53.9 Å². The molecule has 3 rings (SSSR count). The summed E-state index contributed by atoms with van der Waals surface area (Å²) < 4.78 is 1.72. The SMILES string of the molecule is CNC(C(=O)NC(Cc1ccccc1)C1CC1)c1cnn(C)c1.Cl. The zero-order valence-corrected chi connectivity index (χ0v) is 14.9. The highest BCUT2D eigenvalue weighted by Crippen LogP contribution is 2.34. The van der Waals surface area contributed by atoms with Crippen LogP contribution in [-0.2, 0) is 18.3 Å². The topological polar surface area (TPSA) is 59.0 Å². The predicted octanol–water partition coefficient (Wildman–Crippen LogP) is 2.24. The van der Waals surface area contributed by atoms with Crippen LogP contribution in [0.3, 0.4) is 0 Å². The molecule has 0 saturated heterocycles. The fraction of sp³-hybridized carbons (Fsp3) is 0.444. The minimum absolute atomic E-state index is 0. The first-order valence-corrected chi connectivity index (χ1v) is 8.17. The van der Waals surface area contributed by atoms with Crippen molar-refractivity contribution in [1.82, 2.24) is 20.4 Å². The van der Waals surface area contributed by atoms with Crippen LogP contribution in [0, 0.1) is 5.92 Å². The number of carbonyl (C=O) groups excluding carboxylic acids is 1. The van der Waals surface area contributed by atoms with Crippen molar-refractivity contribution in [3.63, 3.8) is 0 Å². The highest BCUT2D eigenvalue weighted by Gasteiger charge is 2.33. The van der Waals surface area contributed by atoms with E-state index in [0.29, 0.717) is 5.92 Å². The molecule has 0 spiro atoms. The number of carbonyl (C=O) groups is 1. The number of hydrogen-bond acceptors (Lipinski definition) is 3. The summed E-state index contributed by atoms with van der Waals surface area (Å²) in [5.74, 6) is 0.624. The van der Waals surface area contributed by atoms with Gasteiger partial charge in [0.15, 0.2) is 0 Å². The molecular weight excluding hydrogens is 324 g/mol. The fourth-order valence-corrected chi connectivity index (χ4v) is 3.01. The number of aromatic nitrogens is 2. The Morgan fingerprint density at radius 3 is 2.58 bits per heavy atom. The Labute approximate surface area is 149 Å². The molecule has 1 fully saturated rings. The van der Waals surface area contributed by atoms with Gasteiger partial charge in [0.1, 0.15) is 6.04 Å². The third-order valence-electron chi connectivity index (χ3n) is 4.43. The second-order valence-corrected chi connectivity index (χ2v) is 6.31. The molecular formula is C18H25ClN4O. The van der Waals surface area contributed by atoms with Crippen LogP contribution in [0.15, 0.2) is 42.7 Å². The van der Waals surface area contributed by atoms with E-state index in [1.165, 1.54) is 18.4 Å². The van der Waals surface area contributed by atoms with E-state index in [4.69, 9.17) is 0 Å². The molecule has 2 atom stereocenters. The van der Waals surface area contributed by atoms with Crippen molar-refractivity contribution in [3.8, 4) is 0 Å². The highest BCUT2D eigenvalue weighted by molar-refractivity contribution is 5.85. The van der Waals surface area contributed by atoms with Gasteiger partial charge in [0, 0.05) is 24.8 Å². The van der Waals surface area contributed by atoms with Crippen LogP contribution in [-0.4, -0.2) is 28.8 Å². The molecule has 1 aliphatic carbocycles. The number of nitrogens with zero attached hydrogens (tertiary/aromatic N) is 2. The normalized spacial score (nSPS) is 16.1. The van der Waals surface area contributed by atoms with Crippen molar-refractivity contribution >= 4 is 18.3 Å². The number of rotatable bonds is 7. The van der Waals surface area contributed by atoms with Gasteiger partial charge in [-0.05, 0) is 37.8 Å². The second kappa shape index (κ2) is 8.31. The van der Waals surface area contributed by atoms with Gasteiger partial charge >= 0.3 is 0 Å². The van der Waals surface area contributed by atoms with Crippen molar-refractivity contribution in [2.45, 2.75) is 31.3 Å². The zero-order valence-electron chi connectivity index (χ0n) is 14.1. The third-order valence-corrected chi connectivity index (χ3v) is 4.43. The summed E-state index contributed by atoms with van der Waals surface area (Å²) in [7, 11) is 3.66. The van der Waals surface area contributed by atoms with Crippen molar-refractivity contribution < 1.29 is 4.79 Å². The van der Waals surface area contributed by atoms with Gasteiger partial charge in [-0.25, -0.2) is 0 Å². The summed E-state index contributed by atoms with van der Waals surface area (Å²) in [6, 6.07) is 10.2. The molecule has 24 heavy (non-hydrogen) atoms. The van der Waals surface area contributed by atoms with E-state index in [9.17, 15) is 4.79 Å². The van der Waals surface area contributed by atoms with E-state index in [1.54, 1.807) is 17.9 Å². The van der Waals surface area contributed by atoms with Crippen LogP contribution in [0.2, 0.25) is 0 Å². The molecule has 130 valence electrons. The first-order chi connectivity index (χ1) is 11.2.